The third-order valence-corrected chi connectivity index (χ3v) is 4.80. The smallest absolute Gasteiger partial charge is 0.244 e. The highest BCUT2D eigenvalue weighted by Gasteiger charge is 2.09. The normalized spacial score (nSPS) is 31.7. The monoisotopic (exact) mass is 449 g/mol. The first-order valence-corrected chi connectivity index (χ1v) is 11.6. The largest absolute Gasteiger partial charge is 0.386 e. The maximum Gasteiger partial charge on any atom is 0.244 e. The van der Waals surface area contributed by atoms with Gasteiger partial charge in [-0.15, -0.1) is 0 Å². The third-order valence-electron chi connectivity index (χ3n) is 4.80. The molecule has 0 radical (unpaired) electrons. The summed E-state index contributed by atoms with van der Waals surface area (Å²) in [5.41, 5.74) is 1.83. The zero-order valence-electron chi connectivity index (χ0n) is 20.1. The van der Waals surface area contributed by atoms with Crippen LogP contribution in [0.25, 0.3) is 0 Å². The summed E-state index contributed by atoms with van der Waals surface area (Å²) < 4.78 is 0. The average molecular weight is 450 g/mol. The van der Waals surface area contributed by atoms with Gasteiger partial charge in [0.1, 0.15) is 12.2 Å². The van der Waals surface area contributed by atoms with Gasteiger partial charge in [-0.3, -0.25) is 4.79 Å². The Hall–Kier alpha value is -2.95. The van der Waals surface area contributed by atoms with Crippen LogP contribution in [0.4, 0.5) is 0 Å². The van der Waals surface area contributed by atoms with E-state index in [1.165, 1.54) is 6.08 Å². The topological polar surface area (TPSA) is 69.6 Å². The molecule has 3 N–H and O–H groups in total. The molecule has 33 heavy (non-hydrogen) atoms. The molecular formula is C29H39NO3. The summed E-state index contributed by atoms with van der Waals surface area (Å²) in [5, 5.41) is 23.2. The Morgan fingerprint density at radius 2 is 1.64 bits per heavy atom. The van der Waals surface area contributed by atoms with Gasteiger partial charge >= 0.3 is 0 Å². The molecule has 178 valence electrons. The molecule has 0 spiro atoms. The Labute approximate surface area is 199 Å². The Bertz CT molecular complexity index is 850. The number of carbonyl (C=O) groups is 1. The average Bonchev–Trinajstić information content (AvgIpc) is 2.78. The predicted molar refractivity (Wildman–Crippen MR) is 140 cm³/mol. The van der Waals surface area contributed by atoms with E-state index < -0.39 is 12.2 Å². The number of nitrogens with one attached hydrogen (secondary N) is 1. The van der Waals surface area contributed by atoms with Gasteiger partial charge in [0.2, 0.25) is 5.91 Å². The molecule has 1 amide bonds. The van der Waals surface area contributed by atoms with Crippen molar-refractivity contribution in [3.8, 4) is 0 Å². The van der Waals surface area contributed by atoms with Crippen molar-refractivity contribution in [3.05, 3.63) is 108 Å². The fourth-order valence-electron chi connectivity index (χ4n) is 2.92. The van der Waals surface area contributed by atoms with Gasteiger partial charge in [0, 0.05) is 12.1 Å². The molecule has 0 aliphatic carbocycles. The summed E-state index contributed by atoms with van der Waals surface area (Å²) in [6.45, 7) is 5.96. The fourth-order valence-corrected chi connectivity index (χ4v) is 2.92. The molecule has 1 heterocycles. The molecule has 0 aromatic rings. The lowest BCUT2D eigenvalue weighted by Gasteiger charge is -2.14. The van der Waals surface area contributed by atoms with Crippen molar-refractivity contribution < 1.29 is 15.0 Å². The number of aliphatic hydroxyl groups excluding tert-OH is 2. The third kappa shape index (κ3) is 14.7. The molecular weight excluding hydrogens is 410 g/mol. The van der Waals surface area contributed by atoms with Gasteiger partial charge in [-0.2, -0.15) is 0 Å². The van der Waals surface area contributed by atoms with Gasteiger partial charge in [0.15, 0.2) is 0 Å². The Kier molecular flexibility index (Phi) is 15.0. The van der Waals surface area contributed by atoms with Crippen molar-refractivity contribution >= 4 is 5.91 Å². The lowest BCUT2D eigenvalue weighted by molar-refractivity contribution is -0.117. The van der Waals surface area contributed by atoms with E-state index in [4.69, 9.17) is 0 Å². The lowest BCUT2D eigenvalue weighted by Crippen LogP contribution is -2.32. The maximum atomic E-state index is 12.4. The van der Waals surface area contributed by atoms with Crippen molar-refractivity contribution in [1.29, 1.82) is 0 Å². The predicted octanol–water partition coefficient (Wildman–Crippen LogP) is 5.57. The van der Waals surface area contributed by atoms with E-state index in [1.807, 2.05) is 44.2 Å². The zero-order valence-corrected chi connectivity index (χ0v) is 20.1. The van der Waals surface area contributed by atoms with Crippen LogP contribution in [0.15, 0.2) is 108 Å². The summed E-state index contributed by atoms with van der Waals surface area (Å²) >= 11 is 0. The van der Waals surface area contributed by atoms with Gasteiger partial charge in [0.25, 0.3) is 0 Å². The molecule has 0 aromatic heterocycles. The second-order valence-electron chi connectivity index (χ2n) is 8.01. The number of rotatable bonds is 5. The summed E-state index contributed by atoms with van der Waals surface area (Å²) in [5.74, 6) is -0.153. The van der Waals surface area contributed by atoms with Crippen molar-refractivity contribution in [2.75, 3.05) is 0 Å². The van der Waals surface area contributed by atoms with Gasteiger partial charge in [0.05, 0.1) is 0 Å². The van der Waals surface area contributed by atoms with Crippen LogP contribution in [-0.4, -0.2) is 34.4 Å². The number of hydrogen-bond acceptors (Lipinski definition) is 3. The van der Waals surface area contributed by atoms with Crippen LogP contribution < -0.4 is 5.32 Å². The van der Waals surface area contributed by atoms with E-state index in [9.17, 15) is 15.0 Å². The summed E-state index contributed by atoms with van der Waals surface area (Å²) in [6.07, 6.45) is 31.3. The Morgan fingerprint density at radius 3 is 2.42 bits per heavy atom. The van der Waals surface area contributed by atoms with E-state index in [-0.39, 0.29) is 11.9 Å². The number of allylic oxidation sites excluding steroid dienone is 13. The Morgan fingerprint density at radius 1 is 0.939 bits per heavy atom. The van der Waals surface area contributed by atoms with Gasteiger partial charge in [-0.25, -0.2) is 0 Å². The highest BCUT2D eigenvalue weighted by molar-refractivity contribution is 5.88. The Balaban J connectivity index is 2.99. The number of unbranched alkanes of at least 4 members (excludes halogenated alkanes) is 1. The highest BCUT2D eigenvalue weighted by Crippen LogP contribution is 2.06. The standard InChI is InChI=1S/C29H39NO3/c1-4-5-6-7-8-9-19-26-20-13-10-16-24(2)17-11-14-21-27(31)28(32)23-25(3)18-12-15-22-29(33)30-26/h6-18,21-23,26-28,31-32H,4-5,19-20H2,1-3H3,(H,30,33)/b7-6+,9-8+,13-10-,17-11+,18-12+,21-14+,22-15+,24-16+,25-23+/t26?,27-,28+/m1/s1. The molecule has 1 rings (SSSR count). The van der Waals surface area contributed by atoms with Crippen molar-refractivity contribution in [2.24, 2.45) is 0 Å². The van der Waals surface area contributed by atoms with Crippen LogP contribution in [0, 0.1) is 0 Å². The molecule has 1 unspecified atom stereocenters. The quantitative estimate of drug-likeness (QED) is 0.480. The molecule has 1 aliphatic heterocycles. The second kappa shape index (κ2) is 17.6. The molecule has 0 bridgehead atoms. The van der Waals surface area contributed by atoms with Crippen molar-refractivity contribution in [2.45, 2.75) is 64.7 Å². The van der Waals surface area contributed by atoms with Crippen LogP contribution in [0.2, 0.25) is 0 Å². The number of amides is 1. The number of hydrogen-bond donors (Lipinski definition) is 3. The van der Waals surface area contributed by atoms with Gasteiger partial charge < -0.3 is 15.5 Å². The number of carbonyl (C=O) groups excluding carboxylic acids is 1. The molecule has 4 nitrogen and oxygen atoms in total. The maximum absolute atomic E-state index is 12.4. The van der Waals surface area contributed by atoms with E-state index in [0.717, 1.165) is 36.8 Å². The molecule has 3 atom stereocenters. The van der Waals surface area contributed by atoms with Crippen LogP contribution in [0.5, 0.6) is 0 Å². The van der Waals surface area contributed by atoms with Gasteiger partial charge in [-0.05, 0) is 33.1 Å². The summed E-state index contributed by atoms with van der Waals surface area (Å²) in [4.78, 5) is 12.4. The van der Waals surface area contributed by atoms with E-state index in [1.54, 1.807) is 36.5 Å². The minimum absolute atomic E-state index is 0.00533. The van der Waals surface area contributed by atoms with Crippen molar-refractivity contribution in [1.82, 2.24) is 5.32 Å². The van der Waals surface area contributed by atoms with Crippen LogP contribution >= 0.6 is 0 Å². The first-order valence-electron chi connectivity index (χ1n) is 11.6. The first kappa shape index (κ1) is 28.1. The lowest BCUT2D eigenvalue weighted by atomic mass is 10.1. The van der Waals surface area contributed by atoms with Crippen molar-refractivity contribution in [3.63, 3.8) is 0 Å². The molecule has 0 saturated carbocycles. The second-order valence-corrected chi connectivity index (χ2v) is 8.01. The van der Waals surface area contributed by atoms with E-state index in [0.29, 0.717) is 0 Å². The molecule has 4 heteroatoms. The molecule has 0 fully saturated rings. The highest BCUT2D eigenvalue weighted by atomic mass is 16.3. The fraction of sp³-hybridized carbons (Fsp3) is 0.345. The minimum Gasteiger partial charge on any atom is -0.386 e. The number of aliphatic hydroxyl groups is 2. The summed E-state index contributed by atoms with van der Waals surface area (Å²) in [6, 6.07) is -0.00533. The van der Waals surface area contributed by atoms with Crippen LogP contribution in [-0.2, 0) is 4.79 Å². The van der Waals surface area contributed by atoms with E-state index >= 15 is 0 Å². The first-order chi connectivity index (χ1) is 15.9. The summed E-state index contributed by atoms with van der Waals surface area (Å²) in [7, 11) is 0. The molecule has 1 aliphatic rings. The van der Waals surface area contributed by atoms with Crippen LogP contribution in [0.1, 0.15) is 46.5 Å². The minimum atomic E-state index is -1.01. The van der Waals surface area contributed by atoms with E-state index in [2.05, 4.69) is 36.5 Å². The van der Waals surface area contributed by atoms with Crippen LogP contribution in [0.3, 0.4) is 0 Å². The molecule has 0 saturated heterocycles. The SMILES string of the molecule is CCC/C=C/C=C/CC1C\C=C/C=C(C)/C=C/C=C/[C@@H](O)[C@@H](O)/C=C(C)/C=C/C=C/C(=O)N1. The zero-order chi connectivity index (χ0) is 24.3. The van der Waals surface area contributed by atoms with Gasteiger partial charge in [-0.1, -0.05) is 116 Å². The molecule has 0 aromatic carbocycles.